The van der Waals surface area contributed by atoms with Crippen LogP contribution in [0.1, 0.15) is 18.1 Å². The van der Waals surface area contributed by atoms with Crippen LogP contribution in [0.15, 0.2) is 36.4 Å². The van der Waals surface area contributed by atoms with Crippen molar-refractivity contribution in [1.29, 1.82) is 0 Å². The van der Waals surface area contributed by atoms with Crippen molar-refractivity contribution < 1.29 is 19.3 Å². The Morgan fingerprint density at radius 1 is 1.04 bits per heavy atom. The molecule has 2 rings (SSSR count). The molecule has 0 aliphatic rings. The number of hydrogen-bond acceptors (Lipinski definition) is 5. The molecule has 0 saturated heterocycles. The number of benzene rings is 2. The first-order chi connectivity index (χ1) is 13.2. The minimum Gasteiger partial charge on any atom is -0.490 e. The Bertz CT molecular complexity index is 716. The van der Waals surface area contributed by atoms with Crippen LogP contribution in [0.3, 0.4) is 0 Å². The molecule has 0 radical (unpaired) electrons. The minimum absolute atomic E-state index is 0. The lowest BCUT2D eigenvalue weighted by Gasteiger charge is -2.17. The second kappa shape index (κ2) is 13.9. The average Bonchev–Trinajstić information content (AvgIpc) is 2.65. The van der Waals surface area contributed by atoms with E-state index in [2.05, 4.69) is 5.32 Å². The summed E-state index contributed by atoms with van der Waals surface area (Å²) in [6.45, 7) is 4.97. The predicted molar refractivity (Wildman–Crippen MR) is 115 cm³/mol. The van der Waals surface area contributed by atoms with E-state index in [1.807, 2.05) is 31.2 Å². The third kappa shape index (κ3) is 8.03. The lowest BCUT2D eigenvalue weighted by molar-refractivity contribution is 0.0937. The van der Waals surface area contributed by atoms with Crippen molar-refractivity contribution in [1.82, 2.24) is 5.32 Å². The number of ether oxygens (including phenoxy) is 3. The summed E-state index contributed by atoms with van der Waals surface area (Å²) in [5.74, 6) is 1.38. The van der Waals surface area contributed by atoms with Gasteiger partial charge in [0.25, 0.3) is 0 Å². The van der Waals surface area contributed by atoms with E-state index < -0.39 is 0 Å². The Balaban J connectivity index is 0.00000392. The van der Waals surface area contributed by atoms with Gasteiger partial charge in [0.05, 0.1) is 26.4 Å². The normalized spacial score (nSPS) is 10.4. The van der Waals surface area contributed by atoms with Gasteiger partial charge >= 0.3 is 0 Å². The maximum atomic E-state index is 8.71. The molecule has 8 heteroatoms. The molecular formula is C20H26Cl3NO4. The summed E-state index contributed by atoms with van der Waals surface area (Å²) in [6, 6.07) is 11.1. The molecule has 0 amide bonds. The molecule has 0 aromatic heterocycles. The molecule has 0 fully saturated rings. The first kappa shape index (κ1) is 24.8. The highest BCUT2D eigenvalue weighted by atomic mass is 35.5. The van der Waals surface area contributed by atoms with Crippen LogP contribution in [0, 0.1) is 0 Å². The van der Waals surface area contributed by atoms with Gasteiger partial charge in [0.15, 0.2) is 11.5 Å². The second-order valence-corrected chi connectivity index (χ2v) is 6.56. The number of rotatable bonds is 12. The number of hydrogen-bond donors (Lipinski definition) is 2. The van der Waals surface area contributed by atoms with E-state index in [0.717, 1.165) is 11.1 Å². The Labute approximate surface area is 182 Å². The number of halogens is 3. The summed E-state index contributed by atoms with van der Waals surface area (Å²) >= 11 is 12.2. The van der Waals surface area contributed by atoms with Crippen LogP contribution in [0.25, 0.3) is 0 Å². The summed E-state index contributed by atoms with van der Waals surface area (Å²) in [5.41, 5.74) is 1.83. The molecule has 0 heterocycles. The highest BCUT2D eigenvalue weighted by molar-refractivity contribution is 6.35. The maximum absolute atomic E-state index is 8.71. The van der Waals surface area contributed by atoms with Crippen molar-refractivity contribution in [3.8, 4) is 11.5 Å². The monoisotopic (exact) mass is 449 g/mol. The lowest BCUT2D eigenvalue weighted by Crippen LogP contribution is -2.20. The van der Waals surface area contributed by atoms with Gasteiger partial charge in [-0.1, -0.05) is 41.4 Å². The molecule has 0 bridgehead atoms. The zero-order chi connectivity index (χ0) is 19.5. The molecular weight excluding hydrogens is 425 g/mol. The SMILES string of the molecule is CCOc1cccc(CNCCOCCO)c1OCc1ccc(Cl)cc1Cl.Cl. The molecule has 0 aliphatic heterocycles. The molecule has 28 heavy (non-hydrogen) atoms. The van der Waals surface area contributed by atoms with E-state index in [9.17, 15) is 0 Å². The number of aliphatic hydroxyl groups excluding tert-OH is 1. The van der Waals surface area contributed by atoms with Crippen LogP contribution >= 0.6 is 35.6 Å². The molecule has 0 aliphatic carbocycles. The van der Waals surface area contributed by atoms with Crippen LogP contribution in [-0.4, -0.2) is 38.1 Å². The van der Waals surface area contributed by atoms with Crippen LogP contribution in [-0.2, 0) is 17.9 Å². The van der Waals surface area contributed by atoms with Crippen molar-refractivity contribution in [2.75, 3.05) is 33.0 Å². The van der Waals surface area contributed by atoms with E-state index in [0.29, 0.717) is 61.1 Å². The third-order valence-electron chi connectivity index (χ3n) is 3.72. The Morgan fingerprint density at radius 2 is 1.86 bits per heavy atom. The fourth-order valence-corrected chi connectivity index (χ4v) is 2.92. The van der Waals surface area contributed by atoms with Crippen LogP contribution in [0.4, 0.5) is 0 Å². The van der Waals surface area contributed by atoms with Crippen LogP contribution in [0.2, 0.25) is 10.0 Å². The summed E-state index contributed by atoms with van der Waals surface area (Å²) in [5, 5.41) is 13.2. The van der Waals surface area contributed by atoms with Gasteiger partial charge in [-0.25, -0.2) is 0 Å². The molecule has 2 aromatic rings. The molecule has 0 atom stereocenters. The van der Waals surface area contributed by atoms with Gasteiger partial charge in [-0.3, -0.25) is 0 Å². The summed E-state index contributed by atoms with van der Waals surface area (Å²) in [4.78, 5) is 0. The van der Waals surface area contributed by atoms with Gasteiger partial charge < -0.3 is 24.6 Å². The minimum atomic E-state index is 0. The fraction of sp³-hybridized carbons (Fsp3) is 0.400. The van der Waals surface area contributed by atoms with E-state index in [4.69, 9.17) is 42.5 Å². The standard InChI is InChI=1S/C20H25Cl2NO4.ClH/c1-2-26-19-5-3-4-15(13-23-8-10-25-11-9-24)20(19)27-14-16-6-7-17(21)12-18(16)22;/h3-7,12,23-24H,2,8-11,13-14H2,1H3;1H. The average molecular weight is 451 g/mol. The Kier molecular flexibility index (Phi) is 12.3. The van der Waals surface area contributed by atoms with Crippen molar-refractivity contribution >= 4 is 35.6 Å². The predicted octanol–water partition coefficient (Wildman–Crippen LogP) is 4.49. The van der Waals surface area contributed by atoms with Crippen molar-refractivity contribution in [2.24, 2.45) is 0 Å². The van der Waals surface area contributed by atoms with Gasteiger partial charge in [0.1, 0.15) is 6.61 Å². The van der Waals surface area contributed by atoms with Gasteiger partial charge in [-0.2, -0.15) is 0 Å². The Morgan fingerprint density at radius 3 is 2.57 bits per heavy atom. The lowest BCUT2D eigenvalue weighted by atomic mass is 10.1. The molecule has 2 aromatic carbocycles. The molecule has 156 valence electrons. The fourth-order valence-electron chi connectivity index (χ4n) is 2.46. The third-order valence-corrected chi connectivity index (χ3v) is 4.31. The molecule has 0 spiro atoms. The molecule has 5 nitrogen and oxygen atoms in total. The van der Waals surface area contributed by atoms with Gasteiger partial charge in [0, 0.05) is 34.3 Å². The largest absolute Gasteiger partial charge is 0.490 e. The first-order valence-electron chi connectivity index (χ1n) is 8.86. The number of aliphatic hydroxyl groups is 1. The van der Waals surface area contributed by atoms with Gasteiger partial charge in [-0.15, -0.1) is 12.4 Å². The topological polar surface area (TPSA) is 60.0 Å². The Hall–Kier alpha value is -1.21. The van der Waals surface area contributed by atoms with Crippen molar-refractivity contribution in [2.45, 2.75) is 20.1 Å². The summed E-state index contributed by atoms with van der Waals surface area (Å²) in [7, 11) is 0. The zero-order valence-electron chi connectivity index (χ0n) is 15.7. The number of nitrogens with one attached hydrogen (secondary N) is 1. The summed E-state index contributed by atoms with van der Waals surface area (Å²) < 4.78 is 17.0. The zero-order valence-corrected chi connectivity index (χ0v) is 18.1. The van der Waals surface area contributed by atoms with Crippen LogP contribution in [0.5, 0.6) is 11.5 Å². The number of para-hydroxylation sites is 1. The second-order valence-electron chi connectivity index (χ2n) is 5.71. The molecule has 0 saturated carbocycles. The van der Waals surface area contributed by atoms with E-state index in [1.165, 1.54) is 0 Å². The summed E-state index contributed by atoms with van der Waals surface area (Å²) in [6.07, 6.45) is 0. The maximum Gasteiger partial charge on any atom is 0.166 e. The van der Waals surface area contributed by atoms with E-state index >= 15 is 0 Å². The first-order valence-corrected chi connectivity index (χ1v) is 9.62. The molecule has 2 N–H and O–H groups in total. The quantitative estimate of drug-likeness (QED) is 0.467. The van der Waals surface area contributed by atoms with E-state index in [1.54, 1.807) is 12.1 Å². The van der Waals surface area contributed by atoms with Gasteiger partial charge in [-0.05, 0) is 25.1 Å². The highest BCUT2D eigenvalue weighted by Gasteiger charge is 2.12. The molecule has 0 unspecified atom stereocenters. The smallest absolute Gasteiger partial charge is 0.166 e. The van der Waals surface area contributed by atoms with E-state index in [-0.39, 0.29) is 19.0 Å². The highest BCUT2D eigenvalue weighted by Crippen LogP contribution is 2.33. The van der Waals surface area contributed by atoms with Crippen LogP contribution < -0.4 is 14.8 Å². The van der Waals surface area contributed by atoms with Gasteiger partial charge in [0.2, 0.25) is 0 Å². The van der Waals surface area contributed by atoms with Crippen molar-refractivity contribution in [3.63, 3.8) is 0 Å². The van der Waals surface area contributed by atoms with Crippen molar-refractivity contribution in [3.05, 3.63) is 57.6 Å².